The van der Waals surface area contributed by atoms with Crippen LogP contribution in [0.15, 0.2) is 46.8 Å². The number of benzene rings is 1. The highest BCUT2D eigenvalue weighted by Gasteiger charge is 2.47. The third-order valence-corrected chi connectivity index (χ3v) is 5.66. The van der Waals surface area contributed by atoms with Crippen molar-refractivity contribution in [2.45, 2.75) is 33.1 Å². The Morgan fingerprint density at radius 1 is 1.31 bits per heavy atom. The zero-order valence-electron chi connectivity index (χ0n) is 16.9. The van der Waals surface area contributed by atoms with Crippen LogP contribution in [0.25, 0.3) is 0 Å². The summed E-state index contributed by atoms with van der Waals surface area (Å²) in [6.07, 6.45) is 0.491. The molecule has 0 saturated carbocycles. The van der Waals surface area contributed by atoms with Crippen LogP contribution in [0.1, 0.15) is 38.7 Å². The zero-order valence-corrected chi connectivity index (χ0v) is 17.6. The standard InChI is InChI=1S/C22H24ClNO5/c1-5-29-22(27)17-12(3)24-15-9-11(2)16(21(26)28-4)20(25)19(15)18(17)13-7-6-8-14(23)10-13/h6-8,10-11,16,18,24H,5,9H2,1-4H3/t11-,16-,18+/m0/s1. The molecule has 29 heavy (non-hydrogen) atoms. The number of dihydropyridines is 1. The molecule has 0 aromatic heterocycles. The molecule has 3 atom stereocenters. The first-order valence-corrected chi connectivity index (χ1v) is 9.93. The second kappa shape index (κ2) is 8.41. The third kappa shape index (κ3) is 3.81. The first-order chi connectivity index (χ1) is 13.8. The number of hydrogen-bond acceptors (Lipinski definition) is 6. The van der Waals surface area contributed by atoms with Crippen molar-refractivity contribution in [3.8, 4) is 0 Å². The highest BCUT2D eigenvalue weighted by Crippen LogP contribution is 2.45. The molecular weight excluding hydrogens is 394 g/mol. The van der Waals surface area contributed by atoms with E-state index >= 15 is 0 Å². The van der Waals surface area contributed by atoms with Crippen molar-refractivity contribution in [1.29, 1.82) is 0 Å². The molecule has 0 fully saturated rings. The van der Waals surface area contributed by atoms with E-state index in [9.17, 15) is 14.4 Å². The SMILES string of the molecule is CCOC(=O)C1=C(C)NC2=C(C(=O)[C@@H](C(=O)OC)[C@@H](C)C2)[C@@H]1c1cccc(Cl)c1. The van der Waals surface area contributed by atoms with E-state index in [4.69, 9.17) is 21.1 Å². The minimum atomic E-state index is -0.913. The third-order valence-electron chi connectivity index (χ3n) is 5.42. The van der Waals surface area contributed by atoms with Crippen LogP contribution in [-0.4, -0.2) is 31.4 Å². The smallest absolute Gasteiger partial charge is 0.336 e. The predicted molar refractivity (Wildman–Crippen MR) is 108 cm³/mol. The van der Waals surface area contributed by atoms with Crippen LogP contribution in [-0.2, 0) is 23.9 Å². The van der Waals surface area contributed by atoms with Crippen molar-refractivity contribution >= 4 is 29.3 Å². The van der Waals surface area contributed by atoms with Gasteiger partial charge in [0.05, 0.1) is 19.3 Å². The van der Waals surface area contributed by atoms with Crippen LogP contribution in [0.5, 0.6) is 0 Å². The molecule has 0 amide bonds. The number of carbonyl (C=O) groups is 3. The first-order valence-electron chi connectivity index (χ1n) is 9.55. The number of ketones is 1. The van der Waals surface area contributed by atoms with Crippen molar-refractivity contribution < 1.29 is 23.9 Å². The summed E-state index contributed by atoms with van der Waals surface area (Å²) >= 11 is 6.20. The van der Waals surface area contributed by atoms with E-state index in [1.807, 2.05) is 13.0 Å². The van der Waals surface area contributed by atoms with Gasteiger partial charge in [-0.25, -0.2) is 4.79 Å². The fourth-order valence-electron chi connectivity index (χ4n) is 4.18. The van der Waals surface area contributed by atoms with Crippen LogP contribution in [0.2, 0.25) is 5.02 Å². The van der Waals surface area contributed by atoms with Crippen molar-refractivity contribution in [2.75, 3.05) is 13.7 Å². The molecule has 1 N–H and O–H groups in total. The van der Waals surface area contributed by atoms with Crippen LogP contribution < -0.4 is 5.32 Å². The Balaban J connectivity index is 2.19. The number of rotatable bonds is 4. The molecule has 0 saturated heterocycles. The first kappa shape index (κ1) is 21.1. The van der Waals surface area contributed by atoms with Gasteiger partial charge in [0.25, 0.3) is 0 Å². The molecule has 1 aliphatic carbocycles. The Bertz CT molecular complexity index is 933. The van der Waals surface area contributed by atoms with E-state index < -0.39 is 23.8 Å². The topological polar surface area (TPSA) is 81.7 Å². The Morgan fingerprint density at radius 2 is 2.03 bits per heavy atom. The van der Waals surface area contributed by atoms with Gasteiger partial charge in [-0.05, 0) is 43.9 Å². The normalized spacial score (nSPS) is 24.0. The fourth-order valence-corrected chi connectivity index (χ4v) is 4.38. The lowest BCUT2D eigenvalue weighted by Gasteiger charge is -2.38. The van der Waals surface area contributed by atoms with Gasteiger partial charge in [0.1, 0.15) is 5.92 Å². The summed E-state index contributed by atoms with van der Waals surface area (Å²) in [6.45, 7) is 5.57. The molecule has 0 spiro atoms. The van der Waals surface area contributed by atoms with Crippen molar-refractivity contribution in [2.24, 2.45) is 11.8 Å². The van der Waals surface area contributed by atoms with Crippen LogP contribution in [0.3, 0.4) is 0 Å². The highest BCUT2D eigenvalue weighted by atomic mass is 35.5. The van der Waals surface area contributed by atoms with Gasteiger partial charge in [-0.2, -0.15) is 0 Å². The Morgan fingerprint density at radius 3 is 2.66 bits per heavy atom. The molecule has 154 valence electrons. The van der Waals surface area contributed by atoms with Crippen LogP contribution in [0.4, 0.5) is 0 Å². The number of halogens is 1. The summed E-state index contributed by atoms with van der Waals surface area (Å²) in [5, 5.41) is 3.70. The average Bonchev–Trinajstić information content (AvgIpc) is 2.66. The second-order valence-electron chi connectivity index (χ2n) is 7.31. The monoisotopic (exact) mass is 417 g/mol. The summed E-state index contributed by atoms with van der Waals surface area (Å²) in [7, 11) is 1.27. The summed E-state index contributed by atoms with van der Waals surface area (Å²) in [4.78, 5) is 38.6. The van der Waals surface area contributed by atoms with E-state index in [2.05, 4.69) is 5.32 Å². The molecule has 1 heterocycles. The molecule has 2 aliphatic rings. The van der Waals surface area contributed by atoms with Gasteiger partial charge in [0.15, 0.2) is 5.78 Å². The number of hydrogen-bond donors (Lipinski definition) is 1. The minimum absolute atomic E-state index is 0.208. The summed E-state index contributed by atoms with van der Waals surface area (Å²) in [5.74, 6) is -3.21. The van der Waals surface area contributed by atoms with Crippen LogP contribution in [0, 0.1) is 11.8 Å². The molecule has 3 rings (SSSR count). The maximum absolute atomic E-state index is 13.5. The highest BCUT2D eigenvalue weighted by molar-refractivity contribution is 6.30. The van der Waals surface area contributed by atoms with Gasteiger partial charge in [-0.15, -0.1) is 0 Å². The van der Waals surface area contributed by atoms with E-state index in [1.54, 1.807) is 32.0 Å². The molecule has 0 unspecified atom stereocenters. The number of Topliss-reactive ketones (excluding diaryl/α,β-unsaturated/α-hetero) is 1. The molecule has 6 nitrogen and oxygen atoms in total. The van der Waals surface area contributed by atoms with Gasteiger partial charge in [-0.1, -0.05) is 30.7 Å². The Hall–Kier alpha value is -2.60. The zero-order chi connectivity index (χ0) is 21.3. The van der Waals surface area contributed by atoms with E-state index in [0.29, 0.717) is 33.9 Å². The molecule has 0 bridgehead atoms. The minimum Gasteiger partial charge on any atom is -0.468 e. The van der Waals surface area contributed by atoms with Crippen molar-refractivity contribution in [1.82, 2.24) is 5.32 Å². The van der Waals surface area contributed by atoms with Gasteiger partial charge >= 0.3 is 11.9 Å². The molecule has 0 radical (unpaired) electrons. The predicted octanol–water partition coefficient (Wildman–Crippen LogP) is 3.52. The van der Waals surface area contributed by atoms with Crippen molar-refractivity contribution in [3.05, 3.63) is 57.4 Å². The van der Waals surface area contributed by atoms with E-state index in [0.717, 1.165) is 5.70 Å². The molecule has 1 aromatic carbocycles. The summed E-state index contributed by atoms with van der Waals surface area (Å²) < 4.78 is 10.1. The lowest BCUT2D eigenvalue weighted by molar-refractivity contribution is -0.151. The number of methoxy groups -OCH3 is 1. The lowest BCUT2D eigenvalue weighted by Crippen LogP contribution is -2.43. The Kier molecular flexibility index (Phi) is 6.13. The summed E-state index contributed by atoms with van der Waals surface area (Å²) in [5.41, 5.74) is 2.79. The number of carbonyl (C=O) groups excluding carboxylic acids is 3. The van der Waals surface area contributed by atoms with E-state index in [1.165, 1.54) is 7.11 Å². The van der Waals surface area contributed by atoms with E-state index in [-0.39, 0.29) is 18.3 Å². The van der Waals surface area contributed by atoms with Gasteiger partial charge < -0.3 is 14.8 Å². The van der Waals surface area contributed by atoms with Crippen molar-refractivity contribution in [3.63, 3.8) is 0 Å². The van der Waals surface area contributed by atoms with Gasteiger partial charge in [0.2, 0.25) is 0 Å². The molecule has 1 aromatic rings. The number of ether oxygens (including phenoxy) is 2. The van der Waals surface area contributed by atoms with Gasteiger partial charge in [0, 0.05) is 27.9 Å². The number of esters is 2. The quantitative estimate of drug-likeness (QED) is 0.596. The maximum Gasteiger partial charge on any atom is 0.336 e. The maximum atomic E-state index is 13.5. The second-order valence-corrected chi connectivity index (χ2v) is 7.75. The largest absolute Gasteiger partial charge is 0.468 e. The lowest BCUT2D eigenvalue weighted by atomic mass is 9.69. The molecular formula is C22H24ClNO5. The van der Waals surface area contributed by atoms with Gasteiger partial charge in [-0.3, -0.25) is 9.59 Å². The average molecular weight is 418 g/mol. The Labute approximate surface area is 174 Å². The summed E-state index contributed by atoms with van der Waals surface area (Å²) in [6, 6.07) is 7.04. The number of nitrogens with one attached hydrogen (secondary N) is 1. The van der Waals surface area contributed by atoms with Crippen LogP contribution >= 0.6 is 11.6 Å². The number of allylic oxidation sites excluding steroid dienone is 3. The molecule has 1 aliphatic heterocycles. The molecule has 7 heteroatoms. The fraction of sp³-hybridized carbons (Fsp3) is 0.409.